The molecule has 1 atom stereocenters. The van der Waals surface area contributed by atoms with E-state index < -0.39 is 0 Å². The molecule has 0 spiro atoms. The fraction of sp³-hybridized carbons (Fsp3) is 0.320. The zero-order valence-corrected chi connectivity index (χ0v) is 19.2. The van der Waals surface area contributed by atoms with Gasteiger partial charge in [0.2, 0.25) is 5.91 Å². The Bertz CT molecular complexity index is 1110. The van der Waals surface area contributed by atoms with Crippen LogP contribution in [0.3, 0.4) is 0 Å². The predicted molar refractivity (Wildman–Crippen MR) is 128 cm³/mol. The van der Waals surface area contributed by atoms with Gasteiger partial charge in [-0.3, -0.25) is 9.59 Å². The molecule has 0 radical (unpaired) electrons. The molecule has 1 aromatic heterocycles. The first kappa shape index (κ1) is 22.1. The summed E-state index contributed by atoms with van der Waals surface area (Å²) in [5.74, 6) is 0.0282. The van der Waals surface area contributed by atoms with Crippen molar-refractivity contribution in [2.75, 3.05) is 11.1 Å². The third-order valence-electron chi connectivity index (χ3n) is 5.76. The molecule has 0 fully saturated rings. The maximum Gasteiger partial charge on any atom is 0.251 e. The van der Waals surface area contributed by atoms with Crippen molar-refractivity contribution in [3.8, 4) is 0 Å². The standard InChI is InChI=1S/C25H28N4O2S/c1-17(20-8-7-18-5-3-4-6-21(18)15-20)27-24(31)19-9-11-22(12-10-19)28-23(30)16-32-25-26-13-14-29(25)2/h7-15,17H,3-6,16H2,1-2H3,(H,27,31)(H,28,30). The fourth-order valence-corrected chi connectivity index (χ4v) is 4.64. The molecule has 1 heterocycles. The summed E-state index contributed by atoms with van der Waals surface area (Å²) >= 11 is 1.38. The number of hydrogen-bond acceptors (Lipinski definition) is 4. The van der Waals surface area contributed by atoms with E-state index >= 15 is 0 Å². The van der Waals surface area contributed by atoms with Gasteiger partial charge in [-0.15, -0.1) is 0 Å². The molecule has 7 heteroatoms. The minimum atomic E-state index is -0.126. The van der Waals surface area contributed by atoms with Crippen molar-refractivity contribution in [3.05, 3.63) is 77.1 Å². The summed E-state index contributed by atoms with van der Waals surface area (Å²) in [4.78, 5) is 29.1. The van der Waals surface area contributed by atoms with Gasteiger partial charge in [0.05, 0.1) is 11.8 Å². The molecule has 0 bridgehead atoms. The molecule has 0 aliphatic heterocycles. The molecule has 1 aliphatic carbocycles. The highest BCUT2D eigenvalue weighted by molar-refractivity contribution is 7.99. The maximum atomic E-state index is 12.7. The lowest BCUT2D eigenvalue weighted by molar-refractivity contribution is -0.113. The molecule has 0 saturated carbocycles. The Morgan fingerprint density at radius 3 is 2.56 bits per heavy atom. The van der Waals surface area contributed by atoms with Gasteiger partial charge in [0, 0.05) is 30.7 Å². The van der Waals surface area contributed by atoms with Gasteiger partial charge in [0.25, 0.3) is 5.91 Å². The molecule has 166 valence electrons. The first-order chi connectivity index (χ1) is 15.5. The molecule has 2 amide bonds. The number of carbonyl (C=O) groups is 2. The Morgan fingerprint density at radius 1 is 1.09 bits per heavy atom. The minimum absolute atomic E-state index is 0.0720. The number of imidazole rings is 1. The van der Waals surface area contributed by atoms with E-state index in [1.54, 1.807) is 30.5 Å². The second kappa shape index (κ2) is 10.0. The zero-order valence-electron chi connectivity index (χ0n) is 18.4. The number of nitrogens with one attached hydrogen (secondary N) is 2. The summed E-state index contributed by atoms with van der Waals surface area (Å²) < 4.78 is 1.87. The van der Waals surface area contributed by atoms with Gasteiger partial charge in [0.15, 0.2) is 5.16 Å². The van der Waals surface area contributed by atoms with Gasteiger partial charge >= 0.3 is 0 Å². The Balaban J connectivity index is 1.30. The van der Waals surface area contributed by atoms with E-state index in [0.717, 1.165) is 23.6 Å². The van der Waals surface area contributed by atoms with Gasteiger partial charge in [-0.25, -0.2) is 4.98 Å². The second-order valence-electron chi connectivity index (χ2n) is 8.17. The van der Waals surface area contributed by atoms with Crippen molar-refractivity contribution < 1.29 is 9.59 Å². The van der Waals surface area contributed by atoms with E-state index in [-0.39, 0.29) is 23.6 Å². The average Bonchev–Trinajstić information content (AvgIpc) is 3.22. The highest BCUT2D eigenvalue weighted by atomic mass is 32.2. The highest BCUT2D eigenvalue weighted by Crippen LogP contribution is 2.25. The minimum Gasteiger partial charge on any atom is -0.346 e. The number of fused-ring (bicyclic) bond motifs is 1. The average molecular weight is 449 g/mol. The number of nitrogens with zero attached hydrogens (tertiary/aromatic N) is 2. The van der Waals surface area contributed by atoms with Crippen molar-refractivity contribution >= 4 is 29.3 Å². The summed E-state index contributed by atoms with van der Waals surface area (Å²) in [6.45, 7) is 2.01. The van der Waals surface area contributed by atoms with Crippen LogP contribution in [0.25, 0.3) is 0 Å². The van der Waals surface area contributed by atoms with Crippen LogP contribution in [0.15, 0.2) is 60.0 Å². The Morgan fingerprint density at radius 2 is 1.84 bits per heavy atom. The lowest BCUT2D eigenvalue weighted by Gasteiger charge is -2.20. The summed E-state index contributed by atoms with van der Waals surface area (Å²) in [5.41, 5.74) is 5.21. The largest absolute Gasteiger partial charge is 0.346 e. The lowest BCUT2D eigenvalue weighted by atomic mass is 9.89. The molecule has 1 aliphatic rings. The highest BCUT2D eigenvalue weighted by Gasteiger charge is 2.15. The van der Waals surface area contributed by atoms with Crippen LogP contribution in [0.5, 0.6) is 0 Å². The number of aryl methyl sites for hydroxylation is 3. The van der Waals surface area contributed by atoms with Gasteiger partial charge < -0.3 is 15.2 Å². The van der Waals surface area contributed by atoms with E-state index in [2.05, 4.69) is 33.8 Å². The van der Waals surface area contributed by atoms with Crippen molar-refractivity contribution in [1.29, 1.82) is 0 Å². The maximum absolute atomic E-state index is 12.7. The first-order valence-electron chi connectivity index (χ1n) is 10.9. The van der Waals surface area contributed by atoms with Crippen LogP contribution in [0.2, 0.25) is 0 Å². The molecule has 32 heavy (non-hydrogen) atoms. The second-order valence-corrected chi connectivity index (χ2v) is 9.11. The topological polar surface area (TPSA) is 76.0 Å². The molecule has 4 rings (SSSR count). The van der Waals surface area contributed by atoms with Crippen molar-refractivity contribution in [2.45, 2.75) is 43.8 Å². The van der Waals surface area contributed by atoms with Crippen LogP contribution < -0.4 is 10.6 Å². The van der Waals surface area contributed by atoms with Crippen LogP contribution in [-0.2, 0) is 24.7 Å². The van der Waals surface area contributed by atoms with E-state index in [1.807, 2.05) is 24.7 Å². The predicted octanol–water partition coefficient (Wildman–Crippen LogP) is 4.52. The number of benzene rings is 2. The molecule has 6 nitrogen and oxygen atoms in total. The smallest absolute Gasteiger partial charge is 0.251 e. The van der Waals surface area contributed by atoms with E-state index in [4.69, 9.17) is 0 Å². The number of amides is 2. The van der Waals surface area contributed by atoms with Crippen molar-refractivity contribution in [2.24, 2.45) is 7.05 Å². The number of rotatable bonds is 7. The van der Waals surface area contributed by atoms with Crippen LogP contribution >= 0.6 is 11.8 Å². The van der Waals surface area contributed by atoms with E-state index in [1.165, 1.54) is 35.7 Å². The van der Waals surface area contributed by atoms with E-state index in [0.29, 0.717) is 11.3 Å². The quantitative estimate of drug-likeness (QED) is 0.521. The van der Waals surface area contributed by atoms with Gasteiger partial charge in [-0.2, -0.15) is 0 Å². The molecular weight excluding hydrogens is 420 g/mol. The third kappa shape index (κ3) is 5.40. The van der Waals surface area contributed by atoms with Gasteiger partial charge in [-0.05, 0) is 73.6 Å². The molecule has 2 N–H and O–H groups in total. The number of carbonyl (C=O) groups excluding carboxylic acids is 2. The fourth-order valence-electron chi connectivity index (χ4n) is 3.91. The normalized spacial score (nSPS) is 13.8. The van der Waals surface area contributed by atoms with Crippen LogP contribution in [-0.4, -0.2) is 27.1 Å². The van der Waals surface area contributed by atoms with Crippen LogP contribution in [0, 0.1) is 0 Å². The Kier molecular flexibility index (Phi) is 6.95. The van der Waals surface area contributed by atoms with Crippen LogP contribution in [0.4, 0.5) is 5.69 Å². The lowest BCUT2D eigenvalue weighted by Crippen LogP contribution is -2.26. The van der Waals surface area contributed by atoms with Crippen LogP contribution in [0.1, 0.15) is 52.9 Å². The number of aromatic nitrogens is 2. The van der Waals surface area contributed by atoms with Gasteiger partial charge in [-0.1, -0.05) is 30.0 Å². The molecule has 3 aromatic rings. The monoisotopic (exact) mass is 448 g/mol. The van der Waals surface area contributed by atoms with E-state index in [9.17, 15) is 9.59 Å². The summed E-state index contributed by atoms with van der Waals surface area (Å²) in [7, 11) is 1.89. The summed E-state index contributed by atoms with van der Waals surface area (Å²) in [6, 6.07) is 13.5. The first-order valence-corrected chi connectivity index (χ1v) is 11.9. The summed E-state index contributed by atoms with van der Waals surface area (Å²) in [6.07, 6.45) is 8.32. The molecule has 0 saturated heterocycles. The van der Waals surface area contributed by atoms with Gasteiger partial charge in [0.1, 0.15) is 0 Å². The third-order valence-corrected chi connectivity index (χ3v) is 6.82. The zero-order chi connectivity index (χ0) is 22.5. The summed E-state index contributed by atoms with van der Waals surface area (Å²) in [5, 5.41) is 6.73. The number of anilines is 1. The number of hydrogen-bond donors (Lipinski definition) is 2. The molecular formula is C25H28N4O2S. The van der Waals surface area contributed by atoms with Crippen molar-refractivity contribution in [3.63, 3.8) is 0 Å². The van der Waals surface area contributed by atoms with Crippen molar-refractivity contribution in [1.82, 2.24) is 14.9 Å². The molecule has 1 unspecified atom stereocenters. The number of thioether (sulfide) groups is 1. The molecule has 2 aromatic carbocycles. The Labute approximate surface area is 192 Å². The Hall–Kier alpha value is -3.06. The SMILES string of the molecule is CC(NC(=O)c1ccc(NC(=O)CSc2nccn2C)cc1)c1ccc2c(c1)CCCC2.